The lowest BCUT2D eigenvalue weighted by atomic mass is 10.4. The normalized spacial score (nSPS) is 10.9. The van der Waals surface area contributed by atoms with Crippen LogP contribution in [0.1, 0.15) is 5.82 Å². The number of urea groups is 1. The lowest BCUT2D eigenvalue weighted by Gasteiger charge is -2.09. The van der Waals surface area contributed by atoms with E-state index in [1.54, 1.807) is 4.72 Å². The minimum atomic E-state index is -4.38. The Morgan fingerprint density at radius 2 is 1.91 bits per heavy atom. The van der Waals surface area contributed by atoms with E-state index in [4.69, 9.17) is 4.74 Å². The van der Waals surface area contributed by atoms with Crippen molar-refractivity contribution < 1.29 is 22.3 Å². The van der Waals surface area contributed by atoms with Gasteiger partial charge in [0, 0.05) is 0 Å². The maximum absolute atomic E-state index is 13.5. The highest BCUT2D eigenvalue weighted by Crippen LogP contribution is 2.13. The SMILES string of the molecule is COc1nc(C)nc(NC(=O)NS(=O)(=O)c2ccccc2F)n1. The first-order valence-electron chi connectivity index (χ1n) is 6.17. The minimum absolute atomic E-state index is 0.0511. The van der Waals surface area contributed by atoms with Gasteiger partial charge in [-0.05, 0) is 19.1 Å². The van der Waals surface area contributed by atoms with Crippen LogP contribution in [0.3, 0.4) is 0 Å². The number of carbonyl (C=O) groups is 1. The smallest absolute Gasteiger partial charge is 0.335 e. The van der Waals surface area contributed by atoms with Crippen molar-refractivity contribution in [1.29, 1.82) is 0 Å². The predicted octanol–water partition coefficient (Wildman–Crippen LogP) is 0.838. The number of amides is 2. The molecule has 2 aromatic rings. The van der Waals surface area contributed by atoms with Crippen LogP contribution >= 0.6 is 0 Å². The zero-order valence-corrected chi connectivity index (χ0v) is 12.9. The molecule has 0 aliphatic heterocycles. The van der Waals surface area contributed by atoms with Crippen molar-refractivity contribution in [1.82, 2.24) is 19.7 Å². The number of benzene rings is 1. The van der Waals surface area contributed by atoms with Crippen LogP contribution < -0.4 is 14.8 Å². The van der Waals surface area contributed by atoms with Gasteiger partial charge in [-0.3, -0.25) is 5.32 Å². The van der Waals surface area contributed by atoms with E-state index >= 15 is 0 Å². The predicted molar refractivity (Wildman–Crippen MR) is 76.9 cm³/mol. The Labute approximate surface area is 131 Å². The molecule has 0 saturated carbocycles. The third-order valence-electron chi connectivity index (χ3n) is 2.49. The van der Waals surface area contributed by atoms with Crippen molar-refractivity contribution >= 4 is 22.0 Å². The van der Waals surface area contributed by atoms with Gasteiger partial charge < -0.3 is 4.74 Å². The average Bonchev–Trinajstić information content (AvgIpc) is 2.46. The van der Waals surface area contributed by atoms with Crippen LogP contribution in [0.2, 0.25) is 0 Å². The summed E-state index contributed by atoms with van der Waals surface area (Å²) in [6.07, 6.45) is 0. The first-order chi connectivity index (χ1) is 10.8. The number of rotatable bonds is 4. The van der Waals surface area contributed by atoms with Crippen molar-refractivity contribution in [3.8, 4) is 6.01 Å². The summed E-state index contributed by atoms with van der Waals surface area (Å²) in [4.78, 5) is 22.4. The summed E-state index contributed by atoms with van der Waals surface area (Å²) in [5, 5.41) is 2.11. The van der Waals surface area contributed by atoms with Gasteiger partial charge in [0.2, 0.25) is 5.95 Å². The zero-order valence-electron chi connectivity index (χ0n) is 12.1. The van der Waals surface area contributed by atoms with Crippen LogP contribution in [0.25, 0.3) is 0 Å². The number of aryl methyl sites for hydroxylation is 1. The van der Waals surface area contributed by atoms with E-state index in [1.807, 2.05) is 0 Å². The number of aromatic nitrogens is 3. The first kappa shape index (κ1) is 16.5. The van der Waals surface area contributed by atoms with Gasteiger partial charge in [0.15, 0.2) is 0 Å². The molecular formula is C12H12FN5O4S. The molecule has 0 fully saturated rings. The standard InChI is InChI=1S/C12H12FN5O4S/c1-7-14-10(17-12(15-7)22-2)16-11(19)18-23(20,21)9-6-4-3-5-8(9)13/h3-6H,1-2H3,(H2,14,15,16,17,18,19). The lowest BCUT2D eigenvalue weighted by molar-refractivity contribution is 0.256. The number of hydrogen-bond acceptors (Lipinski definition) is 7. The second kappa shape index (κ2) is 6.52. The fraction of sp³-hybridized carbons (Fsp3) is 0.167. The zero-order chi connectivity index (χ0) is 17.0. The van der Waals surface area contributed by atoms with Gasteiger partial charge in [0.25, 0.3) is 10.0 Å². The largest absolute Gasteiger partial charge is 0.467 e. The number of sulfonamides is 1. The third-order valence-corrected chi connectivity index (χ3v) is 3.85. The highest BCUT2D eigenvalue weighted by molar-refractivity contribution is 7.90. The van der Waals surface area contributed by atoms with Crippen LogP contribution in [0.15, 0.2) is 29.2 Å². The van der Waals surface area contributed by atoms with Crippen molar-refractivity contribution in [3.05, 3.63) is 35.9 Å². The van der Waals surface area contributed by atoms with Gasteiger partial charge >= 0.3 is 12.0 Å². The maximum atomic E-state index is 13.5. The van der Waals surface area contributed by atoms with Crippen LogP contribution in [0.5, 0.6) is 6.01 Å². The topological polar surface area (TPSA) is 123 Å². The monoisotopic (exact) mass is 341 g/mol. The van der Waals surface area contributed by atoms with Crippen LogP contribution in [0, 0.1) is 12.7 Å². The second-order valence-electron chi connectivity index (χ2n) is 4.18. The molecule has 0 saturated heterocycles. The van der Waals surface area contributed by atoms with Crippen LogP contribution in [0.4, 0.5) is 15.1 Å². The molecule has 2 rings (SSSR count). The fourth-order valence-corrected chi connectivity index (χ4v) is 2.56. The molecular weight excluding hydrogens is 329 g/mol. The van der Waals surface area contributed by atoms with E-state index in [-0.39, 0.29) is 17.8 Å². The second-order valence-corrected chi connectivity index (χ2v) is 5.83. The molecule has 122 valence electrons. The summed E-state index contributed by atoms with van der Waals surface area (Å²) >= 11 is 0. The van der Waals surface area contributed by atoms with E-state index in [9.17, 15) is 17.6 Å². The molecule has 0 spiro atoms. The summed E-state index contributed by atoms with van der Waals surface area (Å²) in [6, 6.07) is 3.45. The van der Waals surface area contributed by atoms with Gasteiger partial charge in [-0.25, -0.2) is 22.3 Å². The Morgan fingerprint density at radius 1 is 1.22 bits per heavy atom. The molecule has 2 N–H and O–H groups in total. The summed E-state index contributed by atoms with van der Waals surface area (Å²) in [7, 11) is -3.05. The van der Waals surface area contributed by atoms with Crippen molar-refractivity contribution in [2.24, 2.45) is 0 Å². The summed E-state index contributed by atoms with van der Waals surface area (Å²) < 4.78 is 43.9. The van der Waals surface area contributed by atoms with Gasteiger partial charge in [0.1, 0.15) is 16.5 Å². The third kappa shape index (κ3) is 4.10. The Kier molecular flexibility index (Phi) is 4.69. The molecule has 0 aliphatic carbocycles. The molecule has 1 heterocycles. The quantitative estimate of drug-likeness (QED) is 0.844. The Balaban J connectivity index is 2.16. The van der Waals surface area contributed by atoms with Crippen molar-refractivity contribution in [2.75, 3.05) is 12.4 Å². The van der Waals surface area contributed by atoms with Gasteiger partial charge in [-0.2, -0.15) is 15.0 Å². The number of nitrogens with one attached hydrogen (secondary N) is 2. The molecule has 0 aliphatic rings. The van der Waals surface area contributed by atoms with E-state index in [0.29, 0.717) is 0 Å². The maximum Gasteiger partial charge on any atom is 0.335 e. The van der Waals surface area contributed by atoms with Gasteiger partial charge in [0.05, 0.1) is 7.11 Å². The minimum Gasteiger partial charge on any atom is -0.467 e. The Morgan fingerprint density at radius 3 is 2.57 bits per heavy atom. The number of ether oxygens (including phenoxy) is 1. The number of anilines is 1. The fourth-order valence-electron chi connectivity index (χ4n) is 1.57. The summed E-state index contributed by atoms with van der Waals surface area (Å²) in [5.74, 6) is -0.940. The molecule has 9 nitrogen and oxygen atoms in total. The van der Waals surface area contributed by atoms with Gasteiger partial charge in [-0.15, -0.1) is 0 Å². The molecule has 23 heavy (non-hydrogen) atoms. The van der Waals surface area contributed by atoms with Crippen LogP contribution in [-0.4, -0.2) is 36.5 Å². The number of carbonyl (C=O) groups excluding carboxylic acids is 1. The molecule has 11 heteroatoms. The molecule has 0 atom stereocenters. The highest BCUT2D eigenvalue weighted by Gasteiger charge is 2.21. The molecule has 1 aromatic heterocycles. The van der Waals surface area contributed by atoms with E-state index in [0.717, 1.165) is 12.1 Å². The lowest BCUT2D eigenvalue weighted by Crippen LogP contribution is -2.35. The Bertz CT molecular complexity index is 843. The summed E-state index contributed by atoms with van der Waals surface area (Å²) in [5.41, 5.74) is 0. The number of nitrogens with zero attached hydrogens (tertiary/aromatic N) is 3. The van der Waals surface area contributed by atoms with Crippen LogP contribution in [-0.2, 0) is 10.0 Å². The van der Waals surface area contributed by atoms with Crippen molar-refractivity contribution in [3.63, 3.8) is 0 Å². The average molecular weight is 341 g/mol. The summed E-state index contributed by atoms with van der Waals surface area (Å²) in [6.45, 7) is 1.53. The molecule has 0 unspecified atom stereocenters. The van der Waals surface area contributed by atoms with E-state index < -0.39 is 26.8 Å². The van der Waals surface area contributed by atoms with E-state index in [2.05, 4.69) is 20.3 Å². The first-order valence-corrected chi connectivity index (χ1v) is 7.65. The van der Waals surface area contributed by atoms with Gasteiger partial charge in [-0.1, -0.05) is 12.1 Å². The molecule has 2 amide bonds. The highest BCUT2D eigenvalue weighted by atomic mass is 32.2. The number of halogens is 1. The molecule has 0 bridgehead atoms. The number of hydrogen-bond donors (Lipinski definition) is 2. The van der Waals surface area contributed by atoms with Crippen molar-refractivity contribution in [2.45, 2.75) is 11.8 Å². The molecule has 0 radical (unpaired) electrons. The Hall–Kier alpha value is -2.82. The van der Waals surface area contributed by atoms with E-state index in [1.165, 1.54) is 26.2 Å². The number of methoxy groups -OCH3 is 1. The molecule has 1 aromatic carbocycles.